The average Bonchev–Trinajstić information content (AvgIpc) is 2.45. The zero-order chi connectivity index (χ0) is 15.5. The maximum Gasteiger partial charge on any atom is 0.451 e. The van der Waals surface area contributed by atoms with Crippen molar-refractivity contribution in [3.63, 3.8) is 0 Å². The van der Waals surface area contributed by atoms with Crippen molar-refractivity contribution in [2.75, 3.05) is 17.7 Å². The van der Waals surface area contributed by atoms with E-state index in [0.29, 0.717) is 6.54 Å². The molecule has 0 aliphatic carbocycles. The molecule has 0 fully saturated rings. The van der Waals surface area contributed by atoms with Crippen LogP contribution in [0.2, 0.25) is 0 Å². The Morgan fingerprint density at radius 1 is 1.05 bits per heavy atom. The zero-order valence-electron chi connectivity index (χ0n) is 11.6. The SMILES string of the molecule is CNc1cc(NCc2ccc(C)cc2)nc(C(F)(F)F)n1. The number of alkyl halides is 3. The molecule has 0 spiro atoms. The van der Waals surface area contributed by atoms with Crippen LogP contribution in [0.1, 0.15) is 17.0 Å². The van der Waals surface area contributed by atoms with Gasteiger partial charge < -0.3 is 10.6 Å². The van der Waals surface area contributed by atoms with Crippen LogP contribution in [0.3, 0.4) is 0 Å². The first kappa shape index (κ1) is 15.1. The molecule has 1 aromatic heterocycles. The summed E-state index contributed by atoms with van der Waals surface area (Å²) in [5, 5.41) is 5.47. The van der Waals surface area contributed by atoms with Crippen molar-refractivity contribution in [3.8, 4) is 0 Å². The second-order valence-corrected chi connectivity index (χ2v) is 4.55. The van der Waals surface area contributed by atoms with E-state index in [-0.39, 0.29) is 11.6 Å². The van der Waals surface area contributed by atoms with Gasteiger partial charge in [-0.15, -0.1) is 0 Å². The number of nitrogens with zero attached hydrogens (tertiary/aromatic N) is 2. The Balaban J connectivity index is 2.17. The lowest BCUT2D eigenvalue weighted by atomic mass is 10.1. The maximum absolute atomic E-state index is 12.7. The van der Waals surface area contributed by atoms with Gasteiger partial charge in [0.05, 0.1) is 0 Å². The van der Waals surface area contributed by atoms with Crippen molar-refractivity contribution >= 4 is 11.6 Å². The van der Waals surface area contributed by atoms with Crippen molar-refractivity contribution in [2.24, 2.45) is 0 Å². The van der Waals surface area contributed by atoms with E-state index < -0.39 is 12.0 Å². The molecule has 0 saturated heterocycles. The highest BCUT2D eigenvalue weighted by atomic mass is 19.4. The fourth-order valence-corrected chi connectivity index (χ4v) is 1.69. The summed E-state index contributed by atoms with van der Waals surface area (Å²) in [6.45, 7) is 2.36. The van der Waals surface area contributed by atoms with E-state index in [4.69, 9.17) is 0 Å². The summed E-state index contributed by atoms with van der Waals surface area (Å²) in [6.07, 6.45) is -4.58. The second kappa shape index (κ2) is 5.99. The minimum absolute atomic E-state index is 0.115. The molecule has 0 aliphatic rings. The predicted octanol–water partition coefficient (Wildman–Crippen LogP) is 3.46. The second-order valence-electron chi connectivity index (χ2n) is 4.55. The normalized spacial score (nSPS) is 11.3. The molecule has 1 aromatic carbocycles. The lowest BCUT2D eigenvalue weighted by molar-refractivity contribution is -0.144. The van der Waals surface area contributed by atoms with Gasteiger partial charge >= 0.3 is 6.18 Å². The summed E-state index contributed by atoms with van der Waals surface area (Å²) in [6, 6.07) is 9.14. The first-order valence-electron chi connectivity index (χ1n) is 6.32. The molecule has 0 unspecified atom stereocenters. The number of nitrogens with one attached hydrogen (secondary N) is 2. The van der Waals surface area contributed by atoms with E-state index in [1.165, 1.54) is 13.1 Å². The van der Waals surface area contributed by atoms with E-state index in [0.717, 1.165) is 11.1 Å². The molecule has 2 aromatic rings. The smallest absolute Gasteiger partial charge is 0.373 e. The van der Waals surface area contributed by atoms with E-state index >= 15 is 0 Å². The van der Waals surface area contributed by atoms with Crippen LogP contribution in [0, 0.1) is 6.92 Å². The van der Waals surface area contributed by atoms with E-state index in [1.54, 1.807) is 0 Å². The standard InChI is InChI=1S/C14H15F3N4/c1-9-3-5-10(6-4-9)8-19-12-7-11(18-2)20-13(21-12)14(15,16)17/h3-7H,8H2,1-2H3,(H2,18,19,20,21). The quantitative estimate of drug-likeness (QED) is 0.907. The molecule has 112 valence electrons. The Labute approximate surface area is 120 Å². The van der Waals surface area contributed by atoms with Gasteiger partial charge in [0.1, 0.15) is 11.6 Å². The number of anilines is 2. The Morgan fingerprint density at radius 2 is 1.67 bits per heavy atom. The number of rotatable bonds is 4. The number of aromatic nitrogens is 2. The van der Waals surface area contributed by atoms with Gasteiger partial charge in [-0.25, -0.2) is 9.97 Å². The molecule has 2 rings (SSSR count). The molecule has 0 amide bonds. The zero-order valence-corrected chi connectivity index (χ0v) is 11.6. The Bertz CT molecular complexity index is 609. The molecule has 21 heavy (non-hydrogen) atoms. The molecule has 0 saturated carbocycles. The topological polar surface area (TPSA) is 49.8 Å². The molecule has 2 N–H and O–H groups in total. The fraction of sp³-hybridized carbons (Fsp3) is 0.286. The van der Waals surface area contributed by atoms with Gasteiger partial charge in [-0.3, -0.25) is 0 Å². The highest BCUT2D eigenvalue weighted by Crippen LogP contribution is 2.28. The first-order valence-corrected chi connectivity index (χ1v) is 6.32. The van der Waals surface area contributed by atoms with Crippen LogP contribution >= 0.6 is 0 Å². The average molecular weight is 296 g/mol. The van der Waals surface area contributed by atoms with Gasteiger partial charge in [0.15, 0.2) is 0 Å². The lowest BCUT2D eigenvalue weighted by Gasteiger charge is -2.11. The summed E-state index contributed by atoms with van der Waals surface area (Å²) >= 11 is 0. The molecule has 4 nitrogen and oxygen atoms in total. The van der Waals surface area contributed by atoms with Crippen LogP contribution in [0.4, 0.5) is 24.8 Å². The van der Waals surface area contributed by atoms with Crippen LogP contribution in [0.5, 0.6) is 0 Å². The molecular weight excluding hydrogens is 281 g/mol. The van der Waals surface area contributed by atoms with Gasteiger partial charge in [-0.2, -0.15) is 13.2 Å². The van der Waals surface area contributed by atoms with Crippen LogP contribution in [-0.4, -0.2) is 17.0 Å². The van der Waals surface area contributed by atoms with Crippen LogP contribution < -0.4 is 10.6 Å². The van der Waals surface area contributed by atoms with Gasteiger partial charge in [0, 0.05) is 19.7 Å². The minimum Gasteiger partial charge on any atom is -0.373 e. The van der Waals surface area contributed by atoms with Crippen molar-refractivity contribution in [3.05, 3.63) is 47.3 Å². The summed E-state index contributed by atoms with van der Waals surface area (Å²) in [4.78, 5) is 6.90. The molecule has 0 bridgehead atoms. The Morgan fingerprint density at radius 3 is 2.24 bits per heavy atom. The molecule has 1 heterocycles. The third-order valence-electron chi connectivity index (χ3n) is 2.83. The third kappa shape index (κ3) is 4.08. The van der Waals surface area contributed by atoms with Gasteiger partial charge in [0.2, 0.25) is 5.82 Å². The number of hydrogen-bond acceptors (Lipinski definition) is 4. The number of benzene rings is 1. The molecule has 7 heteroatoms. The minimum atomic E-state index is -4.58. The fourth-order valence-electron chi connectivity index (χ4n) is 1.69. The van der Waals surface area contributed by atoms with Crippen molar-refractivity contribution in [1.82, 2.24) is 9.97 Å². The van der Waals surface area contributed by atoms with Crippen molar-refractivity contribution in [1.29, 1.82) is 0 Å². The van der Waals surface area contributed by atoms with Gasteiger partial charge in [-0.1, -0.05) is 29.8 Å². The van der Waals surface area contributed by atoms with E-state index in [2.05, 4.69) is 20.6 Å². The van der Waals surface area contributed by atoms with Gasteiger partial charge in [0.25, 0.3) is 0 Å². The van der Waals surface area contributed by atoms with Crippen molar-refractivity contribution in [2.45, 2.75) is 19.6 Å². The first-order chi connectivity index (χ1) is 9.88. The highest BCUT2D eigenvalue weighted by molar-refractivity contribution is 5.47. The Kier molecular flexibility index (Phi) is 4.30. The number of hydrogen-bond donors (Lipinski definition) is 2. The largest absolute Gasteiger partial charge is 0.451 e. The maximum atomic E-state index is 12.7. The van der Waals surface area contributed by atoms with Crippen molar-refractivity contribution < 1.29 is 13.2 Å². The molecule has 0 atom stereocenters. The van der Waals surface area contributed by atoms with E-state index in [9.17, 15) is 13.2 Å². The van der Waals surface area contributed by atoms with Crippen LogP contribution in [0.15, 0.2) is 30.3 Å². The number of aryl methyl sites for hydroxylation is 1. The van der Waals surface area contributed by atoms with E-state index in [1.807, 2.05) is 31.2 Å². The molecule has 0 radical (unpaired) electrons. The molecular formula is C14H15F3N4. The Hall–Kier alpha value is -2.31. The third-order valence-corrected chi connectivity index (χ3v) is 2.83. The highest BCUT2D eigenvalue weighted by Gasteiger charge is 2.35. The summed E-state index contributed by atoms with van der Waals surface area (Å²) < 4.78 is 38.1. The monoisotopic (exact) mass is 296 g/mol. The lowest BCUT2D eigenvalue weighted by Crippen LogP contribution is -2.14. The van der Waals surface area contributed by atoms with Gasteiger partial charge in [-0.05, 0) is 12.5 Å². The number of halogens is 3. The summed E-state index contributed by atoms with van der Waals surface area (Å²) in [5.74, 6) is -0.924. The summed E-state index contributed by atoms with van der Waals surface area (Å²) in [5.41, 5.74) is 2.08. The predicted molar refractivity (Wildman–Crippen MR) is 75.1 cm³/mol. The van der Waals surface area contributed by atoms with Crippen LogP contribution in [0.25, 0.3) is 0 Å². The molecule has 0 aliphatic heterocycles. The van der Waals surface area contributed by atoms with Crippen LogP contribution in [-0.2, 0) is 12.7 Å². The summed E-state index contributed by atoms with van der Waals surface area (Å²) in [7, 11) is 1.51.